The molecule has 0 fully saturated rings. The number of hydrogen-bond donors (Lipinski definition) is 0. The van der Waals surface area contributed by atoms with Crippen LogP contribution in [0, 0.1) is 13.1 Å². The Labute approximate surface area is 556 Å². The summed E-state index contributed by atoms with van der Waals surface area (Å²) in [6.45, 7) is 17.2. The van der Waals surface area contributed by atoms with Crippen LogP contribution in [0.15, 0.2) is 297 Å². The zero-order valence-corrected chi connectivity index (χ0v) is 52.0. The topological polar surface area (TPSA) is 38.3 Å². The van der Waals surface area contributed by atoms with Crippen LogP contribution in [0.25, 0.3) is 186 Å². The summed E-state index contributed by atoms with van der Waals surface area (Å²) >= 11 is 0. The summed E-state index contributed by atoms with van der Waals surface area (Å²) in [5.74, 6) is 0. The average Bonchev–Trinajstić information content (AvgIpc) is 1.54. The SMILES string of the molecule is [C-]#[N+]c1cc(-c2cc(-n3c4ccc(-n5c6ccccc6c6ccccc65)cc4c4cc(-n5c6ccccc6c6ccccc65)ccc43)c(-n3c4ccc(-n5c6ccccc6c6ccccc65)cc4c4cc(-n5c6ccccc6c6ccccc65)ccc43)cc2[N+]#[C-])cc(C(F)(F)F)c1. The van der Waals surface area contributed by atoms with E-state index in [1.165, 1.54) is 6.07 Å². The lowest BCUT2D eigenvalue weighted by molar-refractivity contribution is -0.137. The van der Waals surface area contributed by atoms with Gasteiger partial charge in [0.1, 0.15) is 0 Å². The molecule has 8 nitrogen and oxygen atoms in total. The summed E-state index contributed by atoms with van der Waals surface area (Å²) in [6, 6.07) is 101. The van der Waals surface area contributed by atoms with Crippen LogP contribution in [0.1, 0.15) is 5.56 Å². The van der Waals surface area contributed by atoms with Crippen molar-refractivity contribution < 1.29 is 13.2 Å². The standard InChI is InChI=1S/C87H49F3N8/c1-91-54-44-52(43-53(45-54)87(88,89)90)67-50-85(97-81-39-35-55(93-73-27-11-3-19-59(73)60-20-4-12-28-74(60)93)46-68(81)69-47-56(36-40-82(69)97)94-75-29-13-5-21-61(75)62-22-6-14-30-76(62)94)86(51-72(67)92-2)98-83-41-37-57(95-77-31-15-7-23-63(77)64-24-8-16-32-78(64)95)48-70(83)71-49-58(38-42-84(71)98)96-79-33-17-9-25-65(79)66-26-10-18-34-80(66)96/h3-51H. The molecule has 0 aliphatic rings. The molecule has 0 amide bonds. The molecule has 6 aromatic heterocycles. The van der Waals surface area contributed by atoms with Gasteiger partial charge in [-0.3, -0.25) is 0 Å². The summed E-state index contributed by atoms with van der Waals surface area (Å²) in [6.07, 6.45) is -4.79. The molecule has 0 saturated heterocycles. The quantitative estimate of drug-likeness (QED) is 0.143. The van der Waals surface area contributed by atoms with E-state index in [1.807, 2.05) is 12.1 Å². The Hall–Kier alpha value is -13.4. The van der Waals surface area contributed by atoms with Crippen molar-refractivity contribution in [1.82, 2.24) is 27.4 Å². The lowest BCUT2D eigenvalue weighted by Gasteiger charge is -2.20. The fraction of sp³-hybridized carbons (Fsp3) is 0.0115. The normalized spacial score (nSPS) is 12.2. The van der Waals surface area contributed by atoms with Gasteiger partial charge in [0, 0.05) is 92.9 Å². The second-order valence-electron chi connectivity index (χ2n) is 25.3. The van der Waals surface area contributed by atoms with Gasteiger partial charge in [0.2, 0.25) is 0 Å². The molecule has 0 aliphatic carbocycles. The second-order valence-corrected chi connectivity index (χ2v) is 25.3. The summed E-state index contributed by atoms with van der Waals surface area (Å²) in [4.78, 5) is 7.79. The number of alkyl halides is 3. The van der Waals surface area contributed by atoms with Crippen molar-refractivity contribution in [2.75, 3.05) is 0 Å². The van der Waals surface area contributed by atoms with E-state index in [2.05, 4.69) is 304 Å². The number of aromatic nitrogens is 6. The Kier molecular flexibility index (Phi) is 11.6. The molecule has 14 aromatic carbocycles. The smallest absolute Gasteiger partial charge is 0.309 e. The monoisotopic (exact) mass is 1260 g/mol. The number of hydrogen-bond acceptors (Lipinski definition) is 0. The fourth-order valence-electron chi connectivity index (χ4n) is 16.1. The van der Waals surface area contributed by atoms with Crippen LogP contribution in [-0.2, 0) is 6.18 Å². The highest BCUT2D eigenvalue weighted by Crippen LogP contribution is 2.48. The fourth-order valence-corrected chi connectivity index (χ4v) is 16.1. The maximum atomic E-state index is 15.2. The van der Waals surface area contributed by atoms with Gasteiger partial charge in [-0.15, -0.1) is 0 Å². The van der Waals surface area contributed by atoms with E-state index in [0.717, 1.165) is 166 Å². The summed E-state index contributed by atoms with van der Waals surface area (Å²) in [7, 11) is 0. The number of halogens is 3. The third-order valence-electron chi connectivity index (χ3n) is 20.2. The highest BCUT2D eigenvalue weighted by molar-refractivity contribution is 6.17. The van der Waals surface area contributed by atoms with Gasteiger partial charge in [0.25, 0.3) is 0 Å². The minimum Gasteiger partial charge on any atom is -0.309 e. The lowest BCUT2D eigenvalue weighted by atomic mass is 9.98. The molecule has 458 valence electrons. The van der Waals surface area contributed by atoms with Crippen molar-refractivity contribution in [2.24, 2.45) is 0 Å². The zero-order valence-electron chi connectivity index (χ0n) is 52.0. The number of fused-ring (bicyclic) bond motifs is 18. The minimum atomic E-state index is -4.79. The van der Waals surface area contributed by atoms with Crippen molar-refractivity contribution >= 4 is 142 Å². The van der Waals surface area contributed by atoms with Crippen LogP contribution in [0.5, 0.6) is 0 Å². The highest BCUT2D eigenvalue weighted by atomic mass is 19.4. The molecular weight excluding hydrogens is 1210 g/mol. The van der Waals surface area contributed by atoms with Gasteiger partial charge in [-0.25, -0.2) is 9.69 Å². The van der Waals surface area contributed by atoms with Gasteiger partial charge in [0.05, 0.1) is 90.7 Å². The van der Waals surface area contributed by atoms with E-state index < -0.39 is 11.7 Å². The Balaban J connectivity index is 0.926. The van der Waals surface area contributed by atoms with Crippen molar-refractivity contribution in [3.05, 3.63) is 326 Å². The Morgan fingerprint density at radius 2 is 0.510 bits per heavy atom. The Morgan fingerprint density at radius 1 is 0.245 bits per heavy atom. The third kappa shape index (κ3) is 7.87. The minimum absolute atomic E-state index is 0.0987. The number of nitrogens with zero attached hydrogens (tertiary/aromatic N) is 8. The molecular formula is C87H49F3N8. The Morgan fingerprint density at radius 3 is 0.776 bits per heavy atom. The third-order valence-corrected chi connectivity index (χ3v) is 20.2. The maximum absolute atomic E-state index is 15.2. The first-order valence-electron chi connectivity index (χ1n) is 32.4. The van der Waals surface area contributed by atoms with E-state index in [4.69, 9.17) is 13.1 Å². The van der Waals surface area contributed by atoms with Crippen molar-refractivity contribution in [3.8, 4) is 45.3 Å². The van der Waals surface area contributed by atoms with Crippen molar-refractivity contribution in [1.29, 1.82) is 0 Å². The van der Waals surface area contributed by atoms with Gasteiger partial charge >= 0.3 is 6.18 Å². The van der Waals surface area contributed by atoms with Crippen LogP contribution in [-0.4, -0.2) is 27.4 Å². The van der Waals surface area contributed by atoms with Crippen LogP contribution < -0.4 is 0 Å². The molecule has 20 rings (SSSR count). The van der Waals surface area contributed by atoms with Crippen molar-refractivity contribution in [3.63, 3.8) is 0 Å². The van der Waals surface area contributed by atoms with E-state index in [1.54, 1.807) is 0 Å². The summed E-state index contributed by atoms with van der Waals surface area (Å²) < 4.78 is 59.2. The van der Waals surface area contributed by atoms with Crippen LogP contribution in [0.4, 0.5) is 24.5 Å². The predicted molar refractivity (Wildman–Crippen MR) is 395 cm³/mol. The van der Waals surface area contributed by atoms with Crippen molar-refractivity contribution in [2.45, 2.75) is 6.18 Å². The molecule has 0 atom stereocenters. The van der Waals surface area contributed by atoms with E-state index in [-0.39, 0.29) is 22.5 Å². The number of para-hydroxylation sites is 8. The highest BCUT2D eigenvalue weighted by Gasteiger charge is 2.32. The van der Waals surface area contributed by atoms with Gasteiger partial charge in [0.15, 0.2) is 11.4 Å². The van der Waals surface area contributed by atoms with E-state index in [0.29, 0.717) is 11.4 Å². The molecule has 0 unspecified atom stereocenters. The number of benzene rings is 14. The molecule has 6 heterocycles. The molecule has 20 aromatic rings. The first-order chi connectivity index (χ1) is 48.2. The molecule has 0 radical (unpaired) electrons. The molecule has 0 bridgehead atoms. The van der Waals surface area contributed by atoms with E-state index >= 15 is 13.2 Å². The van der Waals surface area contributed by atoms with Crippen LogP contribution in [0.3, 0.4) is 0 Å². The zero-order chi connectivity index (χ0) is 65.2. The van der Waals surface area contributed by atoms with Gasteiger partial charge in [-0.1, -0.05) is 146 Å². The molecule has 0 aliphatic heterocycles. The predicted octanol–water partition coefficient (Wildman–Crippen LogP) is 24.1. The molecule has 0 saturated carbocycles. The molecule has 0 spiro atoms. The second kappa shape index (κ2) is 20.6. The first kappa shape index (κ1) is 55.1. The lowest BCUT2D eigenvalue weighted by Crippen LogP contribution is -2.06. The maximum Gasteiger partial charge on any atom is 0.415 e. The van der Waals surface area contributed by atoms with Gasteiger partial charge in [-0.05, 0) is 163 Å². The average molecular weight is 1260 g/mol. The Bertz CT molecular complexity index is 6410. The first-order valence-corrected chi connectivity index (χ1v) is 32.4. The van der Waals surface area contributed by atoms with Gasteiger partial charge in [-0.2, -0.15) is 13.2 Å². The van der Waals surface area contributed by atoms with Gasteiger partial charge < -0.3 is 27.4 Å². The van der Waals surface area contributed by atoms with Crippen LogP contribution >= 0.6 is 0 Å². The molecule has 11 heteroatoms. The summed E-state index contributed by atoms with van der Waals surface area (Å²) in [5, 5.41) is 12.8. The largest absolute Gasteiger partial charge is 0.415 e. The molecule has 0 N–H and O–H groups in total. The summed E-state index contributed by atoms with van der Waals surface area (Å²) in [5.41, 5.74) is 16.1. The number of rotatable bonds is 7. The molecule has 98 heavy (non-hydrogen) atoms. The van der Waals surface area contributed by atoms with Crippen LogP contribution in [0.2, 0.25) is 0 Å². The van der Waals surface area contributed by atoms with E-state index in [9.17, 15) is 0 Å².